The molecule has 2 aromatic rings. The molecule has 0 saturated heterocycles. The minimum atomic E-state index is -0.592. The summed E-state index contributed by atoms with van der Waals surface area (Å²) in [6.07, 6.45) is 2.26. The monoisotopic (exact) mass is 296 g/mol. The number of nitrogens with zero attached hydrogens (tertiary/aromatic N) is 2. The second-order valence-electron chi connectivity index (χ2n) is 3.23. The molecule has 0 atom stereocenters. The SMILES string of the molecule is CCOC(=O)c1nc2c(Br)cccn2c1C=O. The second-order valence-corrected chi connectivity index (χ2v) is 4.09. The van der Waals surface area contributed by atoms with Crippen molar-refractivity contribution in [2.45, 2.75) is 6.92 Å². The molecule has 0 unspecified atom stereocenters. The third-order valence-corrected chi connectivity index (χ3v) is 2.84. The number of aromatic nitrogens is 2. The molecule has 17 heavy (non-hydrogen) atoms. The van der Waals surface area contributed by atoms with Gasteiger partial charge in [-0.3, -0.25) is 9.20 Å². The number of halogens is 1. The van der Waals surface area contributed by atoms with Gasteiger partial charge in [0.1, 0.15) is 5.69 Å². The van der Waals surface area contributed by atoms with Crippen LogP contribution < -0.4 is 0 Å². The van der Waals surface area contributed by atoms with Crippen LogP contribution in [-0.2, 0) is 4.74 Å². The fraction of sp³-hybridized carbons (Fsp3) is 0.182. The number of carbonyl (C=O) groups excluding carboxylic acids is 2. The van der Waals surface area contributed by atoms with E-state index in [1.54, 1.807) is 29.7 Å². The lowest BCUT2D eigenvalue weighted by Gasteiger charge is -1.98. The van der Waals surface area contributed by atoms with Gasteiger partial charge in [-0.2, -0.15) is 0 Å². The van der Waals surface area contributed by atoms with Crippen LogP contribution in [0.2, 0.25) is 0 Å². The lowest BCUT2D eigenvalue weighted by atomic mass is 10.3. The fourth-order valence-electron chi connectivity index (χ4n) is 1.51. The molecule has 6 heteroatoms. The fourth-order valence-corrected chi connectivity index (χ4v) is 1.95. The molecule has 2 heterocycles. The molecule has 0 aliphatic rings. The van der Waals surface area contributed by atoms with Crippen molar-refractivity contribution in [2.75, 3.05) is 6.61 Å². The maximum absolute atomic E-state index is 11.6. The first-order valence-electron chi connectivity index (χ1n) is 4.98. The minimum absolute atomic E-state index is 0.0359. The van der Waals surface area contributed by atoms with E-state index >= 15 is 0 Å². The van der Waals surface area contributed by atoms with Crippen LogP contribution in [0.3, 0.4) is 0 Å². The Morgan fingerprint density at radius 2 is 2.41 bits per heavy atom. The highest BCUT2D eigenvalue weighted by Gasteiger charge is 2.20. The largest absolute Gasteiger partial charge is 0.461 e. The number of fused-ring (bicyclic) bond motifs is 1. The normalized spacial score (nSPS) is 10.5. The van der Waals surface area contributed by atoms with Gasteiger partial charge in [-0.15, -0.1) is 0 Å². The summed E-state index contributed by atoms with van der Waals surface area (Å²) in [5, 5.41) is 0. The van der Waals surface area contributed by atoms with Crippen LogP contribution in [-0.4, -0.2) is 28.2 Å². The third-order valence-electron chi connectivity index (χ3n) is 2.22. The zero-order valence-corrected chi connectivity index (χ0v) is 10.6. The van der Waals surface area contributed by atoms with Crippen molar-refractivity contribution >= 4 is 33.8 Å². The number of imidazole rings is 1. The van der Waals surface area contributed by atoms with Gasteiger partial charge in [0.25, 0.3) is 0 Å². The maximum atomic E-state index is 11.6. The number of carbonyl (C=O) groups is 2. The molecule has 0 aromatic carbocycles. The first-order valence-corrected chi connectivity index (χ1v) is 5.77. The van der Waals surface area contributed by atoms with Crippen LogP contribution in [0.4, 0.5) is 0 Å². The Kier molecular flexibility index (Phi) is 3.23. The van der Waals surface area contributed by atoms with Crippen molar-refractivity contribution in [3.8, 4) is 0 Å². The molecule has 0 radical (unpaired) electrons. The highest BCUT2D eigenvalue weighted by molar-refractivity contribution is 9.10. The molecule has 0 spiro atoms. The van der Waals surface area contributed by atoms with E-state index in [9.17, 15) is 9.59 Å². The van der Waals surface area contributed by atoms with Gasteiger partial charge >= 0.3 is 5.97 Å². The average molecular weight is 297 g/mol. The Morgan fingerprint density at radius 3 is 3.06 bits per heavy atom. The molecule has 0 aliphatic heterocycles. The van der Waals surface area contributed by atoms with Crippen molar-refractivity contribution in [1.29, 1.82) is 0 Å². The summed E-state index contributed by atoms with van der Waals surface area (Å²) in [4.78, 5) is 26.8. The van der Waals surface area contributed by atoms with E-state index in [4.69, 9.17) is 4.74 Å². The van der Waals surface area contributed by atoms with Gasteiger partial charge in [0, 0.05) is 6.20 Å². The average Bonchev–Trinajstić information content (AvgIpc) is 2.69. The zero-order valence-electron chi connectivity index (χ0n) is 9.01. The zero-order chi connectivity index (χ0) is 12.4. The minimum Gasteiger partial charge on any atom is -0.461 e. The quantitative estimate of drug-likeness (QED) is 0.643. The van der Waals surface area contributed by atoms with Gasteiger partial charge in [-0.25, -0.2) is 9.78 Å². The Balaban J connectivity index is 2.68. The van der Waals surface area contributed by atoms with Crippen molar-refractivity contribution in [1.82, 2.24) is 9.38 Å². The van der Waals surface area contributed by atoms with Gasteiger partial charge in [0.15, 0.2) is 17.6 Å². The van der Waals surface area contributed by atoms with Crippen LogP contribution in [0, 0.1) is 0 Å². The number of hydrogen-bond donors (Lipinski definition) is 0. The number of ether oxygens (including phenoxy) is 1. The molecule has 2 rings (SSSR count). The lowest BCUT2D eigenvalue weighted by molar-refractivity contribution is 0.0518. The Hall–Kier alpha value is -1.69. The standard InChI is InChI=1S/C11H9BrN2O3/c1-2-17-11(16)9-8(6-15)14-5-3-4-7(12)10(14)13-9/h3-6H,2H2,1H3. The first-order chi connectivity index (χ1) is 8.19. The van der Waals surface area contributed by atoms with E-state index in [2.05, 4.69) is 20.9 Å². The van der Waals surface area contributed by atoms with Crippen molar-refractivity contribution < 1.29 is 14.3 Å². The molecule has 0 amide bonds. The predicted molar refractivity (Wildman–Crippen MR) is 64.2 cm³/mol. The van der Waals surface area contributed by atoms with E-state index < -0.39 is 5.97 Å². The first kappa shape index (κ1) is 11.8. The topological polar surface area (TPSA) is 60.7 Å². The summed E-state index contributed by atoms with van der Waals surface area (Å²) in [6, 6.07) is 3.53. The number of rotatable bonds is 3. The van der Waals surface area contributed by atoms with E-state index in [1.165, 1.54) is 0 Å². The van der Waals surface area contributed by atoms with E-state index in [1.807, 2.05) is 0 Å². The van der Waals surface area contributed by atoms with Gasteiger partial charge in [0.05, 0.1) is 11.1 Å². The van der Waals surface area contributed by atoms with Gasteiger partial charge < -0.3 is 4.74 Å². The van der Waals surface area contributed by atoms with Crippen LogP contribution >= 0.6 is 15.9 Å². The highest BCUT2D eigenvalue weighted by Crippen LogP contribution is 2.20. The lowest BCUT2D eigenvalue weighted by Crippen LogP contribution is -2.08. The van der Waals surface area contributed by atoms with E-state index in [-0.39, 0.29) is 18.0 Å². The summed E-state index contributed by atoms with van der Waals surface area (Å²) in [6.45, 7) is 1.94. The van der Waals surface area contributed by atoms with Gasteiger partial charge in [-0.05, 0) is 35.0 Å². The summed E-state index contributed by atoms with van der Waals surface area (Å²) in [5.74, 6) is -0.592. The number of esters is 1. The molecule has 0 N–H and O–H groups in total. The molecule has 0 aliphatic carbocycles. The van der Waals surface area contributed by atoms with E-state index in [0.717, 1.165) is 0 Å². The molecule has 0 fully saturated rings. The number of aldehydes is 1. The predicted octanol–water partition coefficient (Wildman–Crippen LogP) is 2.09. The van der Waals surface area contributed by atoms with Crippen LogP contribution in [0.25, 0.3) is 5.65 Å². The molecule has 0 saturated carbocycles. The van der Waals surface area contributed by atoms with E-state index in [0.29, 0.717) is 16.4 Å². The van der Waals surface area contributed by atoms with Crippen molar-refractivity contribution in [3.63, 3.8) is 0 Å². The molecule has 0 bridgehead atoms. The molecule has 88 valence electrons. The highest BCUT2D eigenvalue weighted by atomic mass is 79.9. The Bertz CT molecular complexity index is 592. The smallest absolute Gasteiger partial charge is 0.359 e. The number of hydrogen-bond acceptors (Lipinski definition) is 4. The van der Waals surface area contributed by atoms with Crippen LogP contribution in [0.15, 0.2) is 22.8 Å². The summed E-state index contributed by atoms with van der Waals surface area (Å²) in [5.41, 5.74) is 0.742. The third kappa shape index (κ3) is 1.95. The maximum Gasteiger partial charge on any atom is 0.359 e. The van der Waals surface area contributed by atoms with Gasteiger partial charge in [-0.1, -0.05) is 0 Å². The van der Waals surface area contributed by atoms with Gasteiger partial charge in [0.2, 0.25) is 0 Å². The molecular weight excluding hydrogens is 288 g/mol. The molecular formula is C11H9BrN2O3. The van der Waals surface area contributed by atoms with Crippen molar-refractivity contribution in [2.24, 2.45) is 0 Å². The summed E-state index contributed by atoms with van der Waals surface area (Å²) >= 11 is 3.31. The second kappa shape index (κ2) is 4.67. The summed E-state index contributed by atoms with van der Waals surface area (Å²) in [7, 11) is 0. The van der Waals surface area contributed by atoms with Crippen LogP contribution in [0.5, 0.6) is 0 Å². The number of pyridine rings is 1. The molecule has 2 aromatic heterocycles. The molecule has 5 nitrogen and oxygen atoms in total. The summed E-state index contributed by atoms with van der Waals surface area (Å²) < 4.78 is 7.10. The van der Waals surface area contributed by atoms with Crippen LogP contribution in [0.1, 0.15) is 27.9 Å². The van der Waals surface area contributed by atoms with Crippen molar-refractivity contribution in [3.05, 3.63) is 34.2 Å². The Morgan fingerprint density at radius 1 is 1.65 bits per heavy atom. The Labute approximate surface area is 106 Å².